The molecule has 4 heterocycles. The molecule has 0 saturated heterocycles. The Bertz CT molecular complexity index is 1540. The third-order valence-corrected chi connectivity index (χ3v) is 5.47. The van der Waals surface area contributed by atoms with Crippen LogP contribution in [0.1, 0.15) is 5.56 Å². The summed E-state index contributed by atoms with van der Waals surface area (Å²) in [5.74, 6) is 1.64. The Labute approximate surface area is 172 Å². The number of para-hydroxylation sites is 1. The highest BCUT2D eigenvalue weighted by atomic mass is 15.2. The van der Waals surface area contributed by atoms with Crippen LogP contribution >= 0.6 is 0 Å². The zero-order valence-electron chi connectivity index (χ0n) is 16.3. The average molecular weight is 390 g/mol. The van der Waals surface area contributed by atoms with Gasteiger partial charge in [0.1, 0.15) is 11.3 Å². The van der Waals surface area contributed by atoms with Gasteiger partial charge in [-0.3, -0.25) is 10.1 Å². The third-order valence-electron chi connectivity index (χ3n) is 5.47. The first-order chi connectivity index (χ1) is 14.8. The van der Waals surface area contributed by atoms with E-state index in [1.54, 1.807) is 6.20 Å². The lowest BCUT2D eigenvalue weighted by atomic mass is 10.1. The summed E-state index contributed by atoms with van der Waals surface area (Å²) in [6.45, 7) is 2.13. The number of aromatic nitrogens is 5. The van der Waals surface area contributed by atoms with E-state index < -0.39 is 0 Å². The lowest BCUT2D eigenvalue weighted by molar-refractivity contribution is 1.06. The third kappa shape index (κ3) is 2.54. The molecular formula is C24H18N6. The van der Waals surface area contributed by atoms with Crippen molar-refractivity contribution < 1.29 is 0 Å². The molecule has 0 radical (unpaired) electrons. The second-order valence-electron chi connectivity index (χ2n) is 7.37. The minimum absolute atomic E-state index is 0.714. The van der Waals surface area contributed by atoms with Crippen LogP contribution in [-0.2, 0) is 0 Å². The van der Waals surface area contributed by atoms with E-state index in [-0.39, 0.29) is 0 Å². The first kappa shape index (κ1) is 16.7. The van der Waals surface area contributed by atoms with Gasteiger partial charge in [-0.2, -0.15) is 5.10 Å². The Morgan fingerprint density at radius 2 is 1.83 bits per heavy atom. The van der Waals surface area contributed by atoms with Crippen molar-refractivity contribution in [2.24, 2.45) is 0 Å². The highest BCUT2D eigenvalue weighted by Crippen LogP contribution is 2.30. The number of fused-ring (bicyclic) bond motifs is 3. The van der Waals surface area contributed by atoms with Gasteiger partial charge in [0.25, 0.3) is 0 Å². The van der Waals surface area contributed by atoms with Crippen LogP contribution in [-0.4, -0.2) is 24.7 Å². The van der Waals surface area contributed by atoms with Gasteiger partial charge in [0, 0.05) is 35.1 Å². The van der Waals surface area contributed by atoms with E-state index in [0.29, 0.717) is 5.82 Å². The van der Waals surface area contributed by atoms with Crippen molar-refractivity contribution in [3.05, 3.63) is 84.8 Å². The largest absolute Gasteiger partial charge is 0.337 e. The van der Waals surface area contributed by atoms with Crippen molar-refractivity contribution in [1.82, 2.24) is 24.7 Å². The normalized spacial score (nSPS) is 11.5. The number of hydrogen-bond donors (Lipinski definition) is 2. The molecule has 0 atom stereocenters. The van der Waals surface area contributed by atoms with Gasteiger partial charge in [-0.1, -0.05) is 18.2 Å². The van der Waals surface area contributed by atoms with E-state index in [4.69, 9.17) is 4.98 Å². The quantitative estimate of drug-likeness (QED) is 0.418. The first-order valence-electron chi connectivity index (χ1n) is 9.80. The van der Waals surface area contributed by atoms with Gasteiger partial charge in [0.05, 0.1) is 11.0 Å². The van der Waals surface area contributed by atoms with Crippen LogP contribution in [0.4, 0.5) is 11.5 Å². The number of rotatable bonds is 3. The molecule has 144 valence electrons. The Morgan fingerprint density at radius 1 is 0.900 bits per heavy atom. The number of aromatic amines is 1. The standard InChI is InChI=1S/C24H18N6/c1-15-14-30(21-7-3-2-5-18(15)21)24-19-9-8-17(13-16(19)10-12-26-24)27-23-22-20(28-29-23)6-4-11-25-22/h2-14H,1H3,(H2,27,28,29). The molecule has 0 amide bonds. The average Bonchev–Trinajstić information content (AvgIpc) is 3.35. The second-order valence-corrected chi connectivity index (χ2v) is 7.37. The molecule has 0 bridgehead atoms. The highest BCUT2D eigenvalue weighted by Gasteiger charge is 2.12. The molecule has 6 aromatic rings. The number of benzene rings is 2. The van der Waals surface area contributed by atoms with E-state index in [9.17, 15) is 0 Å². The summed E-state index contributed by atoms with van der Waals surface area (Å²) in [5, 5.41) is 14.2. The van der Waals surface area contributed by atoms with Gasteiger partial charge < -0.3 is 9.88 Å². The Balaban J connectivity index is 1.46. The van der Waals surface area contributed by atoms with E-state index in [0.717, 1.165) is 38.8 Å². The maximum Gasteiger partial charge on any atom is 0.178 e. The number of hydrogen-bond acceptors (Lipinski definition) is 4. The fourth-order valence-corrected chi connectivity index (χ4v) is 4.03. The molecule has 0 aliphatic rings. The van der Waals surface area contributed by atoms with Gasteiger partial charge in [0.15, 0.2) is 5.82 Å². The monoisotopic (exact) mass is 390 g/mol. The van der Waals surface area contributed by atoms with Crippen LogP contribution in [0.5, 0.6) is 0 Å². The molecule has 0 aliphatic carbocycles. The number of pyridine rings is 2. The summed E-state index contributed by atoms with van der Waals surface area (Å²) in [5.41, 5.74) is 5.07. The maximum absolute atomic E-state index is 4.70. The number of H-pyrrole nitrogens is 1. The van der Waals surface area contributed by atoms with E-state index >= 15 is 0 Å². The number of anilines is 2. The molecule has 4 aromatic heterocycles. The molecule has 6 nitrogen and oxygen atoms in total. The fraction of sp³-hybridized carbons (Fsp3) is 0.0417. The van der Waals surface area contributed by atoms with Crippen molar-refractivity contribution >= 4 is 44.2 Å². The summed E-state index contributed by atoms with van der Waals surface area (Å²) in [6, 6.07) is 20.6. The van der Waals surface area contributed by atoms with Crippen molar-refractivity contribution in [2.45, 2.75) is 6.92 Å². The van der Waals surface area contributed by atoms with Crippen molar-refractivity contribution in [2.75, 3.05) is 5.32 Å². The smallest absolute Gasteiger partial charge is 0.178 e. The zero-order chi connectivity index (χ0) is 20.1. The molecule has 0 aliphatic heterocycles. The van der Waals surface area contributed by atoms with Gasteiger partial charge in [-0.05, 0) is 60.3 Å². The fourth-order valence-electron chi connectivity index (χ4n) is 4.03. The van der Waals surface area contributed by atoms with Crippen molar-refractivity contribution in [3.8, 4) is 5.82 Å². The van der Waals surface area contributed by atoms with Crippen LogP contribution in [0.3, 0.4) is 0 Å². The van der Waals surface area contributed by atoms with Crippen LogP contribution in [0.25, 0.3) is 38.5 Å². The topological polar surface area (TPSA) is 71.4 Å². The molecule has 0 fully saturated rings. The van der Waals surface area contributed by atoms with E-state index in [1.165, 1.54) is 10.9 Å². The lowest BCUT2D eigenvalue weighted by Crippen LogP contribution is -1.98. The van der Waals surface area contributed by atoms with E-state index in [1.807, 2.05) is 24.4 Å². The summed E-state index contributed by atoms with van der Waals surface area (Å²) >= 11 is 0. The molecule has 30 heavy (non-hydrogen) atoms. The predicted molar refractivity (Wildman–Crippen MR) is 120 cm³/mol. The molecule has 6 heteroatoms. The SMILES string of the molecule is Cc1cn(-c2nccc3cc(Nc4n[nH]c5cccnc45)ccc23)c2ccccc12. The minimum Gasteiger partial charge on any atom is -0.337 e. The number of aryl methyl sites for hydroxylation is 1. The predicted octanol–water partition coefficient (Wildman–Crippen LogP) is 5.50. The van der Waals surface area contributed by atoms with Crippen LogP contribution in [0.2, 0.25) is 0 Å². The summed E-state index contributed by atoms with van der Waals surface area (Å²) in [4.78, 5) is 9.12. The van der Waals surface area contributed by atoms with Gasteiger partial charge >= 0.3 is 0 Å². The first-order valence-corrected chi connectivity index (χ1v) is 9.80. The van der Waals surface area contributed by atoms with Crippen molar-refractivity contribution in [1.29, 1.82) is 0 Å². The Morgan fingerprint density at radius 3 is 2.80 bits per heavy atom. The van der Waals surface area contributed by atoms with Crippen LogP contribution < -0.4 is 5.32 Å². The summed E-state index contributed by atoms with van der Waals surface area (Å²) in [7, 11) is 0. The second kappa shape index (κ2) is 6.42. The lowest BCUT2D eigenvalue weighted by Gasteiger charge is -2.10. The highest BCUT2D eigenvalue weighted by molar-refractivity contribution is 5.95. The van der Waals surface area contributed by atoms with Gasteiger partial charge in [0.2, 0.25) is 0 Å². The minimum atomic E-state index is 0.714. The summed E-state index contributed by atoms with van der Waals surface area (Å²) in [6.07, 6.45) is 5.78. The molecule has 2 aromatic carbocycles. The number of nitrogens with zero attached hydrogens (tertiary/aromatic N) is 4. The molecule has 0 spiro atoms. The Kier molecular flexibility index (Phi) is 3.58. The molecule has 0 saturated carbocycles. The maximum atomic E-state index is 4.70. The number of nitrogens with one attached hydrogen (secondary N) is 2. The van der Waals surface area contributed by atoms with Gasteiger partial charge in [-0.15, -0.1) is 0 Å². The zero-order valence-corrected chi connectivity index (χ0v) is 16.3. The Hall–Kier alpha value is -4.19. The van der Waals surface area contributed by atoms with Crippen LogP contribution in [0.15, 0.2) is 79.3 Å². The van der Waals surface area contributed by atoms with Crippen LogP contribution in [0, 0.1) is 6.92 Å². The molecule has 2 N–H and O–H groups in total. The van der Waals surface area contributed by atoms with Gasteiger partial charge in [-0.25, -0.2) is 4.98 Å². The van der Waals surface area contributed by atoms with Crippen molar-refractivity contribution in [3.63, 3.8) is 0 Å². The van der Waals surface area contributed by atoms with E-state index in [2.05, 4.69) is 80.7 Å². The molecular weight excluding hydrogens is 372 g/mol. The molecule has 0 unspecified atom stereocenters. The molecule has 6 rings (SSSR count). The summed E-state index contributed by atoms with van der Waals surface area (Å²) < 4.78 is 2.17.